The Bertz CT molecular complexity index is 130. The first-order chi connectivity index (χ1) is 5.11. The molecular weight excluding hydrogens is 150 g/mol. The van der Waals surface area contributed by atoms with E-state index < -0.39 is 12.3 Å². The molecule has 1 saturated heterocycles. The summed E-state index contributed by atoms with van der Waals surface area (Å²) in [7, 11) is 1.90. The molecule has 0 spiro atoms. The normalized spacial score (nSPS) is 34.6. The lowest BCUT2D eigenvalue weighted by atomic mass is 9.93. The standard InChI is InChI=1S/C7H14F2N2/c1-11-3-2-5(7(8)9)6(10)4-11/h5-7H,2-4,10H2,1H3. The van der Waals surface area contributed by atoms with Gasteiger partial charge in [0.2, 0.25) is 6.43 Å². The molecular formula is C7H14F2N2. The highest BCUT2D eigenvalue weighted by molar-refractivity contribution is 4.82. The lowest BCUT2D eigenvalue weighted by Crippen LogP contribution is -2.49. The Labute approximate surface area is 65.4 Å². The van der Waals surface area contributed by atoms with Crippen LogP contribution < -0.4 is 5.73 Å². The molecule has 11 heavy (non-hydrogen) atoms. The van der Waals surface area contributed by atoms with Gasteiger partial charge in [-0.25, -0.2) is 8.78 Å². The van der Waals surface area contributed by atoms with Crippen molar-refractivity contribution in [1.29, 1.82) is 0 Å². The molecule has 0 aromatic carbocycles. The molecule has 2 N–H and O–H groups in total. The zero-order valence-corrected chi connectivity index (χ0v) is 6.63. The van der Waals surface area contributed by atoms with Crippen LogP contribution in [0.15, 0.2) is 0 Å². The number of halogens is 2. The van der Waals surface area contributed by atoms with Crippen molar-refractivity contribution < 1.29 is 8.78 Å². The molecule has 1 fully saturated rings. The van der Waals surface area contributed by atoms with E-state index in [4.69, 9.17) is 5.73 Å². The van der Waals surface area contributed by atoms with Crippen LogP contribution in [0.25, 0.3) is 0 Å². The largest absolute Gasteiger partial charge is 0.326 e. The summed E-state index contributed by atoms with van der Waals surface area (Å²) in [5, 5.41) is 0. The van der Waals surface area contributed by atoms with Crippen molar-refractivity contribution in [2.75, 3.05) is 20.1 Å². The maximum absolute atomic E-state index is 12.2. The van der Waals surface area contributed by atoms with Crippen LogP contribution in [-0.2, 0) is 0 Å². The summed E-state index contributed by atoms with van der Waals surface area (Å²) in [5.74, 6) is -0.591. The highest BCUT2D eigenvalue weighted by atomic mass is 19.3. The molecule has 0 bridgehead atoms. The molecule has 1 heterocycles. The van der Waals surface area contributed by atoms with E-state index >= 15 is 0 Å². The monoisotopic (exact) mass is 164 g/mol. The van der Waals surface area contributed by atoms with E-state index in [0.29, 0.717) is 13.0 Å². The summed E-state index contributed by atoms with van der Waals surface area (Å²) >= 11 is 0. The van der Waals surface area contributed by atoms with Crippen molar-refractivity contribution in [1.82, 2.24) is 4.90 Å². The van der Waals surface area contributed by atoms with Gasteiger partial charge in [-0.1, -0.05) is 0 Å². The van der Waals surface area contributed by atoms with Gasteiger partial charge in [-0.2, -0.15) is 0 Å². The lowest BCUT2D eigenvalue weighted by Gasteiger charge is -2.33. The van der Waals surface area contributed by atoms with Gasteiger partial charge in [0, 0.05) is 18.5 Å². The Balaban J connectivity index is 2.44. The van der Waals surface area contributed by atoms with Crippen LogP contribution in [0.1, 0.15) is 6.42 Å². The van der Waals surface area contributed by atoms with Crippen LogP contribution in [0.4, 0.5) is 8.78 Å². The van der Waals surface area contributed by atoms with Crippen LogP contribution >= 0.6 is 0 Å². The van der Waals surface area contributed by atoms with Crippen LogP contribution in [0.3, 0.4) is 0 Å². The van der Waals surface area contributed by atoms with Gasteiger partial charge in [-0.3, -0.25) is 0 Å². The number of likely N-dealkylation sites (tertiary alicyclic amines) is 1. The molecule has 66 valence electrons. The molecule has 1 rings (SSSR count). The topological polar surface area (TPSA) is 29.3 Å². The number of hydrogen-bond donors (Lipinski definition) is 1. The number of hydrogen-bond acceptors (Lipinski definition) is 2. The average Bonchev–Trinajstić information content (AvgIpc) is 1.85. The number of alkyl halides is 2. The molecule has 4 heteroatoms. The number of nitrogens with two attached hydrogens (primary N) is 1. The second kappa shape index (κ2) is 3.45. The van der Waals surface area contributed by atoms with Crippen molar-refractivity contribution in [2.45, 2.75) is 18.9 Å². The summed E-state index contributed by atoms with van der Waals surface area (Å²) in [5.41, 5.74) is 5.55. The van der Waals surface area contributed by atoms with Gasteiger partial charge < -0.3 is 10.6 Å². The minimum absolute atomic E-state index is 0.353. The Morgan fingerprint density at radius 2 is 2.18 bits per heavy atom. The maximum atomic E-state index is 12.2. The predicted molar refractivity (Wildman–Crippen MR) is 39.6 cm³/mol. The zero-order valence-electron chi connectivity index (χ0n) is 6.63. The summed E-state index contributed by atoms with van der Waals surface area (Å²) in [6.07, 6.45) is -1.73. The number of nitrogens with zero attached hydrogens (tertiary/aromatic N) is 1. The molecule has 1 aliphatic heterocycles. The fraction of sp³-hybridized carbons (Fsp3) is 1.00. The van der Waals surface area contributed by atoms with Crippen LogP contribution in [0, 0.1) is 5.92 Å². The molecule has 0 aromatic rings. The first kappa shape index (κ1) is 8.87. The quantitative estimate of drug-likeness (QED) is 0.612. The molecule has 0 saturated carbocycles. The summed E-state index contributed by atoms with van der Waals surface area (Å²) in [6, 6.07) is -0.353. The molecule has 2 unspecified atom stereocenters. The molecule has 0 amide bonds. The lowest BCUT2D eigenvalue weighted by molar-refractivity contribution is 0.0278. The van der Waals surface area contributed by atoms with Crippen molar-refractivity contribution in [3.05, 3.63) is 0 Å². The van der Waals surface area contributed by atoms with E-state index in [1.54, 1.807) is 0 Å². The number of piperidine rings is 1. The summed E-state index contributed by atoms with van der Waals surface area (Å²) in [4.78, 5) is 1.99. The Morgan fingerprint density at radius 1 is 1.55 bits per heavy atom. The van der Waals surface area contributed by atoms with Crippen LogP contribution in [0.2, 0.25) is 0 Å². The van der Waals surface area contributed by atoms with E-state index in [1.165, 1.54) is 0 Å². The third-order valence-electron chi connectivity index (χ3n) is 2.24. The van der Waals surface area contributed by atoms with Crippen molar-refractivity contribution in [3.8, 4) is 0 Å². The van der Waals surface area contributed by atoms with E-state index in [0.717, 1.165) is 6.54 Å². The van der Waals surface area contributed by atoms with E-state index in [2.05, 4.69) is 0 Å². The minimum Gasteiger partial charge on any atom is -0.326 e. The number of rotatable bonds is 1. The van der Waals surface area contributed by atoms with Gasteiger partial charge in [0.05, 0.1) is 0 Å². The molecule has 0 aliphatic carbocycles. The average molecular weight is 164 g/mol. The van der Waals surface area contributed by atoms with Gasteiger partial charge in [0.1, 0.15) is 0 Å². The first-order valence-corrected chi connectivity index (χ1v) is 3.83. The molecule has 2 nitrogen and oxygen atoms in total. The second-order valence-electron chi connectivity index (χ2n) is 3.21. The molecule has 1 aliphatic rings. The van der Waals surface area contributed by atoms with Crippen molar-refractivity contribution in [3.63, 3.8) is 0 Å². The van der Waals surface area contributed by atoms with Crippen LogP contribution in [0.5, 0.6) is 0 Å². The highest BCUT2D eigenvalue weighted by Crippen LogP contribution is 2.21. The summed E-state index contributed by atoms with van der Waals surface area (Å²) in [6.45, 7) is 1.33. The number of likely N-dealkylation sites (N-methyl/N-ethyl adjacent to an activating group) is 1. The van der Waals surface area contributed by atoms with E-state index in [1.807, 2.05) is 11.9 Å². The van der Waals surface area contributed by atoms with Crippen LogP contribution in [-0.4, -0.2) is 37.5 Å². The molecule has 2 atom stereocenters. The van der Waals surface area contributed by atoms with Gasteiger partial charge in [0.15, 0.2) is 0 Å². The Kier molecular flexibility index (Phi) is 2.78. The first-order valence-electron chi connectivity index (χ1n) is 3.83. The van der Waals surface area contributed by atoms with Crippen molar-refractivity contribution >= 4 is 0 Å². The van der Waals surface area contributed by atoms with Crippen molar-refractivity contribution in [2.24, 2.45) is 11.7 Å². The highest BCUT2D eigenvalue weighted by Gasteiger charge is 2.31. The maximum Gasteiger partial charge on any atom is 0.243 e. The van der Waals surface area contributed by atoms with Gasteiger partial charge >= 0.3 is 0 Å². The fourth-order valence-electron chi connectivity index (χ4n) is 1.48. The van der Waals surface area contributed by atoms with Gasteiger partial charge in [-0.05, 0) is 20.0 Å². The third kappa shape index (κ3) is 2.10. The van der Waals surface area contributed by atoms with Gasteiger partial charge in [-0.15, -0.1) is 0 Å². The minimum atomic E-state index is -2.25. The fourth-order valence-corrected chi connectivity index (χ4v) is 1.48. The third-order valence-corrected chi connectivity index (χ3v) is 2.24. The van der Waals surface area contributed by atoms with E-state index in [9.17, 15) is 8.78 Å². The SMILES string of the molecule is CN1CCC(C(F)F)C(N)C1. The Morgan fingerprint density at radius 3 is 2.64 bits per heavy atom. The smallest absolute Gasteiger partial charge is 0.243 e. The van der Waals surface area contributed by atoms with E-state index in [-0.39, 0.29) is 6.04 Å². The predicted octanol–water partition coefficient (Wildman–Crippen LogP) is 0.531. The molecule has 0 radical (unpaired) electrons. The zero-order chi connectivity index (χ0) is 8.43. The Hall–Kier alpha value is -0.220. The second-order valence-corrected chi connectivity index (χ2v) is 3.21. The summed E-state index contributed by atoms with van der Waals surface area (Å²) < 4.78 is 24.4. The van der Waals surface area contributed by atoms with Gasteiger partial charge in [0.25, 0.3) is 0 Å². The molecule has 0 aromatic heterocycles.